The number of anilines is 2. The molecule has 0 spiro atoms. The molecule has 182 valence electrons. The predicted molar refractivity (Wildman–Crippen MR) is 141 cm³/mol. The van der Waals surface area contributed by atoms with Gasteiger partial charge in [-0.25, -0.2) is 9.97 Å². The highest BCUT2D eigenvalue weighted by molar-refractivity contribution is 5.91. The Bertz CT molecular complexity index is 1450. The second kappa shape index (κ2) is 10.2. The Hall–Kier alpha value is -4.12. The number of rotatable bonds is 5. The van der Waals surface area contributed by atoms with Crippen molar-refractivity contribution >= 4 is 22.4 Å². The minimum Gasteiger partial charge on any atom is -0.497 e. The smallest absolute Gasteiger partial charge is 0.141 e. The van der Waals surface area contributed by atoms with E-state index in [0.717, 1.165) is 52.2 Å². The zero-order valence-electron chi connectivity index (χ0n) is 20.3. The van der Waals surface area contributed by atoms with Gasteiger partial charge in [-0.1, -0.05) is 17.9 Å². The summed E-state index contributed by atoms with van der Waals surface area (Å²) in [5.74, 6) is 9.08. The van der Waals surface area contributed by atoms with Gasteiger partial charge in [0.2, 0.25) is 0 Å². The third kappa shape index (κ3) is 5.41. The van der Waals surface area contributed by atoms with Crippen LogP contribution in [0.1, 0.15) is 24.0 Å². The SMILES string of the molecule is COc1cccc(Oc2ccc(Nc3ncnc4ccc(C#CC5(O)CCCNC5)cc34)cc2C)c1. The summed E-state index contributed by atoms with van der Waals surface area (Å²) in [6.07, 6.45) is 3.13. The first-order chi connectivity index (χ1) is 17.5. The van der Waals surface area contributed by atoms with Crippen molar-refractivity contribution in [1.29, 1.82) is 0 Å². The molecule has 7 nitrogen and oxygen atoms in total. The minimum atomic E-state index is -0.992. The molecule has 4 aromatic rings. The van der Waals surface area contributed by atoms with Gasteiger partial charge in [-0.2, -0.15) is 0 Å². The van der Waals surface area contributed by atoms with Crippen LogP contribution in [0.15, 0.2) is 67.0 Å². The molecule has 3 aromatic carbocycles. The fourth-order valence-electron chi connectivity index (χ4n) is 4.19. The average molecular weight is 481 g/mol. The number of β-amino-alcohol motifs (C(OH)–C–C–N with tert-alkyl or cyclic N) is 1. The summed E-state index contributed by atoms with van der Waals surface area (Å²) in [6, 6.07) is 19.2. The molecule has 0 bridgehead atoms. The fourth-order valence-corrected chi connectivity index (χ4v) is 4.19. The first-order valence-corrected chi connectivity index (χ1v) is 11.9. The molecule has 3 N–H and O–H groups in total. The van der Waals surface area contributed by atoms with Crippen LogP contribution in [-0.4, -0.2) is 40.9 Å². The molecule has 1 fully saturated rings. The van der Waals surface area contributed by atoms with E-state index in [2.05, 4.69) is 32.4 Å². The quantitative estimate of drug-likeness (QED) is 0.348. The van der Waals surface area contributed by atoms with Gasteiger partial charge >= 0.3 is 0 Å². The number of methoxy groups -OCH3 is 1. The summed E-state index contributed by atoms with van der Waals surface area (Å²) in [6.45, 7) is 3.40. The summed E-state index contributed by atoms with van der Waals surface area (Å²) >= 11 is 0. The van der Waals surface area contributed by atoms with E-state index in [-0.39, 0.29) is 0 Å². The van der Waals surface area contributed by atoms with Gasteiger partial charge < -0.3 is 25.2 Å². The number of aliphatic hydroxyl groups is 1. The summed E-state index contributed by atoms with van der Waals surface area (Å²) < 4.78 is 11.3. The lowest BCUT2D eigenvalue weighted by molar-refractivity contribution is 0.0736. The molecule has 1 aliphatic rings. The van der Waals surface area contributed by atoms with Gasteiger partial charge in [-0.05, 0) is 80.4 Å². The van der Waals surface area contributed by atoms with Gasteiger partial charge in [0.05, 0.1) is 12.6 Å². The summed E-state index contributed by atoms with van der Waals surface area (Å²) in [7, 11) is 1.63. The number of aryl methyl sites for hydroxylation is 1. The highest BCUT2D eigenvalue weighted by atomic mass is 16.5. The maximum atomic E-state index is 10.7. The maximum Gasteiger partial charge on any atom is 0.141 e. The van der Waals surface area contributed by atoms with Crippen LogP contribution in [0, 0.1) is 18.8 Å². The first kappa shape index (κ1) is 23.6. The highest BCUT2D eigenvalue weighted by Crippen LogP contribution is 2.31. The summed E-state index contributed by atoms with van der Waals surface area (Å²) in [5.41, 5.74) is 2.48. The van der Waals surface area contributed by atoms with E-state index < -0.39 is 5.60 Å². The number of hydrogen-bond acceptors (Lipinski definition) is 7. The summed E-state index contributed by atoms with van der Waals surface area (Å²) in [5, 5.41) is 18.1. The van der Waals surface area contributed by atoms with E-state index in [1.807, 2.05) is 67.6 Å². The molecule has 1 unspecified atom stereocenters. The topological polar surface area (TPSA) is 88.5 Å². The molecular formula is C29H28N4O3. The molecule has 0 saturated carbocycles. The van der Waals surface area contributed by atoms with Crippen molar-refractivity contribution in [3.63, 3.8) is 0 Å². The van der Waals surface area contributed by atoms with Crippen LogP contribution >= 0.6 is 0 Å². The van der Waals surface area contributed by atoms with E-state index >= 15 is 0 Å². The lowest BCUT2D eigenvalue weighted by Crippen LogP contribution is -2.44. The zero-order chi connectivity index (χ0) is 25.0. The minimum absolute atomic E-state index is 0.486. The molecule has 1 aliphatic heterocycles. The van der Waals surface area contributed by atoms with Crippen molar-refractivity contribution < 1.29 is 14.6 Å². The average Bonchev–Trinajstić information content (AvgIpc) is 2.90. The van der Waals surface area contributed by atoms with Gasteiger partial charge in [-0.15, -0.1) is 0 Å². The second-order valence-corrected chi connectivity index (χ2v) is 8.90. The van der Waals surface area contributed by atoms with Crippen LogP contribution in [0.3, 0.4) is 0 Å². The van der Waals surface area contributed by atoms with E-state index in [1.165, 1.54) is 0 Å². The van der Waals surface area contributed by atoms with Gasteiger partial charge in [0.1, 0.15) is 35.0 Å². The number of nitrogens with one attached hydrogen (secondary N) is 2. The third-order valence-electron chi connectivity index (χ3n) is 6.14. The zero-order valence-corrected chi connectivity index (χ0v) is 20.3. The van der Waals surface area contributed by atoms with Crippen molar-refractivity contribution in [2.75, 3.05) is 25.5 Å². The van der Waals surface area contributed by atoms with Crippen molar-refractivity contribution in [2.24, 2.45) is 0 Å². The van der Waals surface area contributed by atoms with Crippen LogP contribution in [-0.2, 0) is 0 Å². The van der Waals surface area contributed by atoms with Crippen LogP contribution < -0.4 is 20.1 Å². The van der Waals surface area contributed by atoms with Crippen LogP contribution in [0.25, 0.3) is 10.9 Å². The first-order valence-electron chi connectivity index (χ1n) is 11.9. The lowest BCUT2D eigenvalue weighted by Gasteiger charge is -2.27. The number of aromatic nitrogens is 2. The number of hydrogen-bond donors (Lipinski definition) is 3. The largest absolute Gasteiger partial charge is 0.497 e. The maximum absolute atomic E-state index is 10.7. The Morgan fingerprint density at radius 1 is 1.06 bits per heavy atom. The molecule has 0 radical (unpaired) electrons. The molecule has 36 heavy (non-hydrogen) atoms. The van der Waals surface area contributed by atoms with Crippen LogP contribution in [0.5, 0.6) is 17.2 Å². The second-order valence-electron chi connectivity index (χ2n) is 8.90. The van der Waals surface area contributed by atoms with Crippen molar-refractivity contribution in [3.05, 3.63) is 78.1 Å². The van der Waals surface area contributed by atoms with E-state index in [1.54, 1.807) is 13.4 Å². The number of benzene rings is 3. The molecule has 2 heterocycles. The standard InChI is InChI=1S/C29H28N4O3/c1-20-15-22(8-10-27(20)36-24-6-3-5-23(17-24)35-2)33-28-25-16-21(7-9-26(25)31-19-32-28)11-13-29(34)12-4-14-30-18-29/h3,5-10,15-17,19,30,34H,4,12,14,18H2,1-2H3,(H,31,32,33). The molecule has 7 heteroatoms. The van der Waals surface area contributed by atoms with E-state index in [0.29, 0.717) is 24.5 Å². The molecule has 0 aliphatic carbocycles. The Labute approximate surface area is 210 Å². The van der Waals surface area contributed by atoms with Gasteiger partial charge in [0.15, 0.2) is 0 Å². The molecular weight excluding hydrogens is 452 g/mol. The van der Waals surface area contributed by atoms with E-state index in [4.69, 9.17) is 9.47 Å². The Morgan fingerprint density at radius 2 is 1.94 bits per heavy atom. The number of ether oxygens (including phenoxy) is 2. The lowest BCUT2D eigenvalue weighted by atomic mass is 9.94. The van der Waals surface area contributed by atoms with Crippen molar-refractivity contribution in [3.8, 4) is 29.1 Å². The Kier molecular flexibility index (Phi) is 6.72. The van der Waals surface area contributed by atoms with Crippen LogP contribution in [0.4, 0.5) is 11.5 Å². The Balaban J connectivity index is 1.38. The number of piperidine rings is 1. The highest BCUT2D eigenvalue weighted by Gasteiger charge is 2.26. The van der Waals surface area contributed by atoms with Crippen molar-refractivity contribution in [1.82, 2.24) is 15.3 Å². The molecule has 0 amide bonds. The predicted octanol–water partition coefficient (Wildman–Crippen LogP) is 4.95. The van der Waals surface area contributed by atoms with Gasteiger partial charge in [0, 0.05) is 29.2 Å². The molecule has 1 atom stereocenters. The Morgan fingerprint density at radius 3 is 2.75 bits per heavy atom. The number of fused-ring (bicyclic) bond motifs is 1. The van der Waals surface area contributed by atoms with Crippen LogP contribution in [0.2, 0.25) is 0 Å². The number of nitrogens with zero attached hydrogens (tertiary/aromatic N) is 2. The fraction of sp³-hybridized carbons (Fsp3) is 0.241. The molecule has 5 rings (SSSR count). The van der Waals surface area contributed by atoms with Gasteiger partial charge in [0.25, 0.3) is 0 Å². The summed E-state index contributed by atoms with van der Waals surface area (Å²) in [4.78, 5) is 8.86. The van der Waals surface area contributed by atoms with Crippen molar-refractivity contribution in [2.45, 2.75) is 25.4 Å². The van der Waals surface area contributed by atoms with E-state index in [9.17, 15) is 5.11 Å². The molecule has 1 aromatic heterocycles. The molecule has 1 saturated heterocycles. The monoisotopic (exact) mass is 480 g/mol. The van der Waals surface area contributed by atoms with Gasteiger partial charge in [-0.3, -0.25) is 0 Å². The normalized spacial score (nSPS) is 17.2. The third-order valence-corrected chi connectivity index (χ3v) is 6.14.